The number of carbonyl (C=O) groups is 1. The molecule has 0 bridgehead atoms. The summed E-state index contributed by atoms with van der Waals surface area (Å²) < 4.78 is 2.85. The van der Waals surface area contributed by atoms with E-state index in [1.54, 1.807) is 28.3 Å². The number of amides is 1. The van der Waals surface area contributed by atoms with Crippen LogP contribution in [0.4, 0.5) is 5.13 Å². The number of anilines is 1. The highest BCUT2D eigenvalue weighted by Gasteiger charge is 2.24. The van der Waals surface area contributed by atoms with Gasteiger partial charge in [-0.25, -0.2) is 14.6 Å². The van der Waals surface area contributed by atoms with Crippen molar-refractivity contribution in [1.29, 1.82) is 0 Å². The van der Waals surface area contributed by atoms with Crippen molar-refractivity contribution in [3.05, 3.63) is 66.6 Å². The lowest BCUT2D eigenvalue weighted by atomic mass is 10.2. The number of hydrogen-bond donors (Lipinski definition) is 0. The van der Waals surface area contributed by atoms with Gasteiger partial charge in [-0.15, -0.1) is 0 Å². The van der Waals surface area contributed by atoms with E-state index in [2.05, 4.69) is 21.0 Å². The van der Waals surface area contributed by atoms with Gasteiger partial charge in [0.05, 0.1) is 10.2 Å². The van der Waals surface area contributed by atoms with Crippen LogP contribution in [0.1, 0.15) is 10.5 Å². The number of carbonyl (C=O) groups excluding carboxylic acids is 1. The number of thiazole rings is 1. The highest BCUT2D eigenvalue weighted by Crippen LogP contribution is 2.29. The smallest absolute Gasteiger partial charge is 0.272 e. The number of pyridine rings is 1. The molecule has 8 heteroatoms. The van der Waals surface area contributed by atoms with Crippen LogP contribution in [0.15, 0.2) is 60.9 Å². The van der Waals surface area contributed by atoms with Crippen molar-refractivity contribution in [1.82, 2.24) is 24.6 Å². The van der Waals surface area contributed by atoms with E-state index in [1.807, 2.05) is 47.5 Å². The number of piperazine rings is 1. The quantitative estimate of drug-likeness (QED) is 0.538. The Labute approximate surface area is 165 Å². The Bertz CT molecular complexity index is 1080. The van der Waals surface area contributed by atoms with Crippen molar-refractivity contribution in [2.45, 2.75) is 0 Å². The lowest BCUT2D eigenvalue weighted by Crippen LogP contribution is -2.49. The minimum absolute atomic E-state index is 0.0436. The molecule has 0 atom stereocenters. The zero-order valence-corrected chi connectivity index (χ0v) is 15.9. The predicted molar refractivity (Wildman–Crippen MR) is 109 cm³/mol. The first-order valence-electron chi connectivity index (χ1n) is 9.15. The van der Waals surface area contributed by atoms with Gasteiger partial charge in [0.25, 0.3) is 5.91 Å². The monoisotopic (exact) mass is 390 g/mol. The second-order valence-corrected chi connectivity index (χ2v) is 7.58. The van der Waals surface area contributed by atoms with Gasteiger partial charge in [0.2, 0.25) is 0 Å². The number of fused-ring (bicyclic) bond motifs is 1. The summed E-state index contributed by atoms with van der Waals surface area (Å²) in [5.41, 5.74) is 1.47. The molecular weight excluding hydrogens is 372 g/mol. The first kappa shape index (κ1) is 16.9. The van der Waals surface area contributed by atoms with E-state index in [1.165, 1.54) is 4.70 Å². The van der Waals surface area contributed by atoms with Crippen LogP contribution >= 0.6 is 11.3 Å². The molecule has 1 aromatic carbocycles. The molecule has 140 valence electrons. The van der Waals surface area contributed by atoms with E-state index in [-0.39, 0.29) is 5.91 Å². The van der Waals surface area contributed by atoms with Crippen LogP contribution in [0.25, 0.3) is 16.0 Å². The number of rotatable bonds is 3. The molecular formula is C20H18N6OS. The molecule has 4 aromatic rings. The molecule has 0 radical (unpaired) electrons. The van der Waals surface area contributed by atoms with E-state index in [4.69, 9.17) is 4.98 Å². The third-order valence-corrected chi connectivity index (χ3v) is 5.91. The average molecular weight is 390 g/mol. The normalized spacial score (nSPS) is 14.6. The molecule has 0 saturated carbocycles. The molecule has 1 fully saturated rings. The minimum Gasteiger partial charge on any atom is -0.345 e. The van der Waals surface area contributed by atoms with Crippen LogP contribution < -0.4 is 4.90 Å². The van der Waals surface area contributed by atoms with E-state index >= 15 is 0 Å². The van der Waals surface area contributed by atoms with Crippen molar-refractivity contribution in [3.63, 3.8) is 0 Å². The Kier molecular flexibility index (Phi) is 4.25. The Hall–Kier alpha value is -3.26. The molecule has 7 nitrogen and oxygen atoms in total. The van der Waals surface area contributed by atoms with Crippen LogP contribution in [0.5, 0.6) is 0 Å². The third kappa shape index (κ3) is 3.11. The van der Waals surface area contributed by atoms with Crippen LogP contribution in [0.2, 0.25) is 0 Å². The zero-order chi connectivity index (χ0) is 18.9. The molecule has 0 N–H and O–H groups in total. The summed E-state index contributed by atoms with van der Waals surface area (Å²) in [5.74, 6) is 0.599. The molecule has 5 rings (SSSR count). The van der Waals surface area contributed by atoms with Crippen LogP contribution in [-0.4, -0.2) is 56.7 Å². The fraction of sp³-hybridized carbons (Fsp3) is 0.200. The standard InChI is InChI=1S/C20H18N6OS/c27-19(16-6-3-8-18(22-16)26-10-4-9-21-26)24-11-13-25(14-12-24)20-23-15-5-1-2-7-17(15)28-20/h1-10H,11-14H2. The second-order valence-electron chi connectivity index (χ2n) is 6.58. The maximum absolute atomic E-state index is 12.9. The topological polar surface area (TPSA) is 67.2 Å². The first-order chi connectivity index (χ1) is 13.8. The van der Waals surface area contributed by atoms with E-state index in [9.17, 15) is 4.79 Å². The number of hydrogen-bond acceptors (Lipinski definition) is 6. The second kappa shape index (κ2) is 7.05. The summed E-state index contributed by atoms with van der Waals surface area (Å²) in [7, 11) is 0. The summed E-state index contributed by atoms with van der Waals surface area (Å²) in [6, 6.07) is 15.4. The molecule has 0 spiro atoms. The van der Waals surface area contributed by atoms with Crippen LogP contribution in [0, 0.1) is 0 Å². The van der Waals surface area contributed by atoms with Crippen LogP contribution in [-0.2, 0) is 0 Å². The van der Waals surface area contributed by atoms with Crippen LogP contribution in [0.3, 0.4) is 0 Å². The molecule has 1 aliphatic rings. The zero-order valence-electron chi connectivity index (χ0n) is 15.1. The molecule has 0 aliphatic carbocycles. The van der Waals surface area contributed by atoms with Crippen molar-refractivity contribution in [2.24, 2.45) is 0 Å². The Morgan fingerprint density at radius 2 is 1.79 bits per heavy atom. The van der Waals surface area contributed by atoms with Gasteiger partial charge in [0, 0.05) is 38.6 Å². The van der Waals surface area contributed by atoms with Gasteiger partial charge >= 0.3 is 0 Å². The van der Waals surface area contributed by atoms with Gasteiger partial charge in [-0.1, -0.05) is 29.5 Å². The fourth-order valence-electron chi connectivity index (χ4n) is 3.33. The first-order valence-corrected chi connectivity index (χ1v) is 9.96. The van der Waals surface area contributed by atoms with Crippen molar-refractivity contribution in [3.8, 4) is 5.82 Å². The number of benzene rings is 1. The third-order valence-electron chi connectivity index (χ3n) is 4.81. The molecule has 28 heavy (non-hydrogen) atoms. The molecule has 3 aromatic heterocycles. The summed E-state index contributed by atoms with van der Waals surface area (Å²) in [5, 5.41) is 5.20. The maximum Gasteiger partial charge on any atom is 0.272 e. The van der Waals surface area contributed by atoms with Gasteiger partial charge in [-0.2, -0.15) is 5.10 Å². The molecule has 1 saturated heterocycles. The summed E-state index contributed by atoms with van der Waals surface area (Å²) in [4.78, 5) is 26.2. The Balaban J connectivity index is 1.29. The Morgan fingerprint density at radius 1 is 0.929 bits per heavy atom. The molecule has 1 aliphatic heterocycles. The highest BCUT2D eigenvalue weighted by molar-refractivity contribution is 7.22. The van der Waals surface area contributed by atoms with Gasteiger partial charge in [0.1, 0.15) is 5.69 Å². The highest BCUT2D eigenvalue weighted by atomic mass is 32.1. The maximum atomic E-state index is 12.9. The Morgan fingerprint density at radius 3 is 2.57 bits per heavy atom. The van der Waals surface area contributed by atoms with Gasteiger partial charge < -0.3 is 9.80 Å². The van der Waals surface area contributed by atoms with Gasteiger partial charge in [0.15, 0.2) is 10.9 Å². The summed E-state index contributed by atoms with van der Waals surface area (Å²) >= 11 is 1.70. The molecule has 1 amide bonds. The molecule has 0 unspecified atom stereocenters. The number of aromatic nitrogens is 4. The minimum atomic E-state index is -0.0436. The summed E-state index contributed by atoms with van der Waals surface area (Å²) in [6.07, 6.45) is 3.50. The summed E-state index contributed by atoms with van der Waals surface area (Å²) in [6.45, 7) is 2.85. The predicted octanol–water partition coefficient (Wildman–Crippen LogP) is 2.84. The van der Waals surface area contributed by atoms with E-state index < -0.39 is 0 Å². The van der Waals surface area contributed by atoms with Crippen molar-refractivity contribution < 1.29 is 4.79 Å². The SMILES string of the molecule is O=C(c1cccc(-n2cccn2)n1)N1CCN(c2nc3ccccc3s2)CC1. The molecule has 4 heterocycles. The van der Waals surface area contributed by atoms with Gasteiger partial charge in [-0.05, 0) is 30.3 Å². The van der Waals surface area contributed by atoms with Crippen molar-refractivity contribution >= 4 is 32.6 Å². The number of para-hydroxylation sites is 1. The average Bonchev–Trinajstić information content (AvgIpc) is 3.43. The van der Waals surface area contributed by atoms with E-state index in [0.717, 1.165) is 23.7 Å². The van der Waals surface area contributed by atoms with Gasteiger partial charge in [-0.3, -0.25) is 4.79 Å². The largest absolute Gasteiger partial charge is 0.345 e. The number of nitrogens with zero attached hydrogens (tertiary/aromatic N) is 6. The fourth-order valence-corrected chi connectivity index (χ4v) is 4.35. The lowest BCUT2D eigenvalue weighted by molar-refractivity contribution is 0.0741. The lowest BCUT2D eigenvalue weighted by Gasteiger charge is -2.34. The van der Waals surface area contributed by atoms with E-state index in [0.29, 0.717) is 24.6 Å². The van der Waals surface area contributed by atoms with Crippen molar-refractivity contribution in [2.75, 3.05) is 31.1 Å².